The van der Waals surface area contributed by atoms with Gasteiger partial charge in [-0.05, 0) is 30.5 Å². The third-order valence-electron chi connectivity index (χ3n) is 5.20. The largest absolute Gasteiger partial charge is 0.334 e. The lowest BCUT2D eigenvalue weighted by molar-refractivity contribution is 0.0732. The van der Waals surface area contributed by atoms with Crippen LogP contribution in [0.5, 0.6) is 0 Å². The lowest BCUT2D eigenvalue weighted by Crippen LogP contribution is -2.39. The summed E-state index contributed by atoms with van der Waals surface area (Å²) in [6, 6.07) is 7.38. The summed E-state index contributed by atoms with van der Waals surface area (Å²) in [5.74, 6) is -0.119. The van der Waals surface area contributed by atoms with E-state index < -0.39 is 0 Å². The lowest BCUT2D eigenvalue weighted by Gasteiger charge is -2.25. The van der Waals surface area contributed by atoms with Gasteiger partial charge in [-0.1, -0.05) is 12.1 Å². The molecule has 1 amide bonds. The second kappa shape index (κ2) is 6.02. The number of carbonyl (C=O) groups is 1. The van der Waals surface area contributed by atoms with Crippen molar-refractivity contribution in [1.82, 2.24) is 19.6 Å². The minimum absolute atomic E-state index is 0.0826. The predicted molar refractivity (Wildman–Crippen MR) is 87.9 cm³/mol. The van der Waals surface area contributed by atoms with Crippen LogP contribution in [0.2, 0.25) is 0 Å². The molecule has 24 heavy (non-hydrogen) atoms. The fourth-order valence-electron chi connectivity index (χ4n) is 4.05. The zero-order chi connectivity index (χ0) is 16.7. The Balaban J connectivity index is 1.45. The van der Waals surface area contributed by atoms with E-state index in [1.54, 1.807) is 17.1 Å². The van der Waals surface area contributed by atoms with Crippen molar-refractivity contribution in [2.75, 3.05) is 13.1 Å². The fraction of sp³-hybridized carbons (Fsp3) is 0.444. The van der Waals surface area contributed by atoms with E-state index in [0.717, 1.165) is 38.0 Å². The van der Waals surface area contributed by atoms with Gasteiger partial charge in [0.25, 0.3) is 5.91 Å². The van der Waals surface area contributed by atoms with Crippen LogP contribution in [0.1, 0.15) is 28.8 Å². The molecule has 0 N–H and O–H groups in total. The van der Waals surface area contributed by atoms with Crippen LogP contribution in [0.4, 0.5) is 4.39 Å². The average Bonchev–Trinajstić information content (AvgIpc) is 3.26. The first-order chi connectivity index (χ1) is 11.6. The van der Waals surface area contributed by atoms with Gasteiger partial charge < -0.3 is 4.90 Å². The molecule has 2 fully saturated rings. The molecule has 0 unspecified atom stereocenters. The Hall–Kier alpha value is -2.21. The third-order valence-corrected chi connectivity index (χ3v) is 5.20. The molecule has 2 saturated heterocycles. The maximum absolute atomic E-state index is 13.1. The first-order valence-electron chi connectivity index (χ1n) is 8.40. The molecule has 6 heteroatoms. The van der Waals surface area contributed by atoms with Crippen LogP contribution >= 0.6 is 0 Å². The summed E-state index contributed by atoms with van der Waals surface area (Å²) in [6.07, 6.45) is 5.41. The molecule has 2 aliphatic heterocycles. The highest BCUT2D eigenvalue weighted by Gasteiger charge is 2.44. The van der Waals surface area contributed by atoms with Gasteiger partial charge in [-0.15, -0.1) is 0 Å². The molecule has 0 spiro atoms. The van der Waals surface area contributed by atoms with Crippen molar-refractivity contribution in [1.29, 1.82) is 0 Å². The number of likely N-dealkylation sites (tertiary alicyclic amines) is 2. The molecule has 0 aliphatic carbocycles. The first kappa shape index (κ1) is 15.3. The van der Waals surface area contributed by atoms with Crippen LogP contribution < -0.4 is 0 Å². The molecule has 1 aromatic carbocycles. The van der Waals surface area contributed by atoms with E-state index in [2.05, 4.69) is 10.00 Å². The number of carbonyl (C=O) groups excluding carboxylic acids is 1. The summed E-state index contributed by atoms with van der Waals surface area (Å²) in [6.45, 7) is 2.59. The second-order valence-corrected chi connectivity index (χ2v) is 6.71. The molecule has 2 aliphatic rings. The van der Waals surface area contributed by atoms with E-state index in [4.69, 9.17) is 0 Å². The molecule has 3 heterocycles. The van der Waals surface area contributed by atoms with Gasteiger partial charge in [0.1, 0.15) is 5.82 Å². The summed E-state index contributed by atoms with van der Waals surface area (Å²) in [5, 5.41) is 4.10. The van der Waals surface area contributed by atoms with Crippen molar-refractivity contribution in [3.05, 3.63) is 53.6 Å². The lowest BCUT2D eigenvalue weighted by atomic mass is 10.1. The minimum Gasteiger partial charge on any atom is -0.334 e. The van der Waals surface area contributed by atoms with Crippen LogP contribution in [0.25, 0.3) is 0 Å². The van der Waals surface area contributed by atoms with Crippen molar-refractivity contribution < 1.29 is 9.18 Å². The predicted octanol–water partition coefficient (Wildman–Crippen LogP) is 2.05. The molecular weight excluding hydrogens is 307 g/mol. The van der Waals surface area contributed by atoms with Gasteiger partial charge in [-0.25, -0.2) is 4.39 Å². The highest BCUT2D eigenvalue weighted by atomic mass is 19.1. The Morgan fingerprint density at radius 3 is 2.67 bits per heavy atom. The van der Waals surface area contributed by atoms with Crippen LogP contribution in [0.3, 0.4) is 0 Å². The molecule has 126 valence electrons. The first-order valence-corrected chi connectivity index (χ1v) is 8.40. The second-order valence-electron chi connectivity index (χ2n) is 6.71. The Morgan fingerprint density at radius 1 is 1.21 bits per heavy atom. The molecule has 1 aromatic heterocycles. The highest BCUT2D eigenvalue weighted by Crippen LogP contribution is 2.33. The number of halogens is 1. The molecule has 2 atom stereocenters. The topological polar surface area (TPSA) is 41.4 Å². The molecular formula is C18H21FN4O. The molecule has 4 rings (SSSR count). The number of benzene rings is 1. The van der Waals surface area contributed by atoms with Crippen molar-refractivity contribution >= 4 is 5.91 Å². The number of aryl methyl sites for hydroxylation is 1. The molecule has 0 saturated carbocycles. The normalized spacial score (nSPS) is 23.7. The summed E-state index contributed by atoms with van der Waals surface area (Å²) < 4.78 is 14.7. The third kappa shape index (κ3) is 2.71. The van der Waals surface area contributed by atoms with Crippen LogP contribution in [0.15, 0.2) is 36.7 Å². The maximum atomic E-state index is 13.1. The zero-order valence-corrected chi connectivity index (χ0v) is 13.7. The molecule has 2 aromatic rings. The summed E-state index contributed by atoms with van der Waals surface area (Å²) in [7, 11) is 1.82. The number of nitrogens with zero attached hydrogens (tertiary/aromatic N) is 4. The van der Waals surface area contributed by atoms with E-state index >= 15 is 0 Å². The Bertz CT molecular complexity index is 742. The number of aromatic nitrogens is 2. The number of rotatable bonds is 3. The van der Waals surface area contributed by atoms with E-state index in [1.807, 2.05) is 24.1 Å². The van der Waals surface area contributed by atoms with E-state index in [1.165, 1.54) is 12.1 Å². The van der Waals surface area contributed by atoms with E-state index in [0.29, 0.717) is 11.6 Å². The Morgan fingerprint density at radius 2 is 1.96 bits per heavy atom. The molecule has 0 bridgehead atoms. The zero-order valence-electron chi connectivity index (χ0n) is 13.7. The van der Waals surface area contributed by atoms with Crippen LogP contribution in [-0.4, -0.2) is 50.7 Å². The van der Waals surface area contributed by atoms with Crippen molar-refractivity contribution in [2.24, 2.45) is 7.05 Å². The molecule has 0 radical (unpaired) electrons. The van der Waals surface area contributed by atoms with Crippen LogP contribution in [-0.2, 0) is 13.6 Å². The number of hydrogen-bond donors (Lipinski definition) is 0. The van der Waals surface area contributed by atoms with Crippen molar-refractivity contribution in [3.63, 3.8) is 0 Å². The number of hydrogen-bond acceptors (Lipinski definition) is 3. The van der Waals surface area contributed by atoms with E-state index in [-0.39, 0.29) is 17.8 Å². The maximum Gasteiger partial charge on any atom is 0.257 e. The van der Waals surface area contributed by atoms with Gasteiger partial charge in [0, 0.05) is 45.0 Å². The highest BCUT2D eigenvalue weighted by molar-refractivity contribution is 5.94. The minimum atomic E-state index is -0.202. The summed E-state index contributed by atoms with van der Waals surface area (Å²) in [5.41, 5.74) is 1.78. The van der Waals surface area contributed by atoms with Gasteiger partial charge in [0.15, 0.2) is 0 Å². The van der Waals surface area contributed by atoms with Gasteiger partial charge in [-0.2, -0.15) is 5.10 Å². The number of fused-ring (bicyclic) bond motifs is 1. The SMILES string of the molecule is Cn1cc(C(=O)N2CC[C@@H]3[C@@H]2CCN3Cc2ccc(F)cc2)cn1. The quantitative estimate of drug-likeness (QED) is 0.866. The summed E-state index contributed by atoms with van der Waals surface area (Å²) in [4.78, 5) is 17.1. The van der Waals surface area contributed by atoms with Gasteiger partial charge >= 0.3 is 0 Å². The monoisotopic (exact) mass is 328 g/mol. The standard InChI is InChI=1S/C18H21FN4O/c1-21-12-14(10-20-21)18(24)23-9-7-16-17(23)6-8-22(16)11-13-2-4-15(19)5-3-13/h2-5,10,12,16-17H,6-9,11H2,1H3/t16-,17+/m1/s1. The van der Waals surface area contributed by atoms with Crippen LogP contribution in [0, 0.1) is 5.82 Å². The summed E-state index contributed by atoms with van der Waals surface area (Å²) >= 11 is 0. The van der Waals surface area contributed by atoms with Gasteiger partial charge in [-0.3, -0.25) is 14.4 Å². The van der Waals surface area contributed by atoms with Gasteiger partial charge in [0.05, 0.1) is 11.8 Å². The average molecular weight is 328 g/mol. The Labute approximate surface area is 140 Å². The number of amides is 1. The van der Waals surface area contributed by atoms with Crippen molar-refractivity contribution in [2.45, 2.75) is 31.5 Å². The smallest absolute Gasteiger partial charge is 0.257 e. The van der Waals surface area contributed by atoms with Gasteiger partial charge in [0.2, 0.25) is 0 Å². The van der Waals surface area contributed by atoms with Crippen molar-refractivity contribution in [3.8, 4) is 0 Å². The Kier molecular flexibility index (Phi) is 3.84. The molecule has 5 nitrogen and oxygen atoms in total. The van der Waals surface area contributed by atoms with E-state index in [9.17, 15) is 9.18 Å². The fourth-order valence-corrected chi connectivity index (χ4v) is 4.05.